The number of imide groups is 1. The third-order valence-electron chi connectivity index (χ3n) is 5.43. The predicted molar refractivity (Wildman–Crippen MR) is 132 cm³/mol. The van der Waals surface area contributed by atoms with Gasteiger partial charge in [0.05, 0.1) is 29.8 Å². The number of rotatable bonds is 5. The molecule has 4 rings (SSSR count). The molecule has 2 aromatic carbocycles. The van der Waals surface area contributed by atoms with E-state index < -0.39 is 5.97 Å². The number of halogens is 1. The van der Waals surface area contributed by atoms with Crippen molar-refractivity contribution in [3.8, 4) is 5.69 Å². The van der Waals surface area contributed by atoms with Gasteiger partial charge < -0.3 is 9.30 Å². The van der Waals surface area contributed by atoms with Gasteiger partial charge in [0.25, 0.3) is 11.1 Å². The first-order valence-corrected chi connectivity index (χ1v) is 11.8. The Bertz CT molecular complexity index is 1290. The Balaban J connectivity index is 1.66. The minimum atomic E-state index is -0.422. The summed E-state index contributed by atoms with van der Waals surface area (Å²) in [5, 5.41) is -0.293. The fraction of sp³-hybridized carbons (Fsp3) is 0.160. The van der Waals surface area contributed by atoms with E-state index in [-0.39, 0.29) is 17.7 Å². The van der Waals surface area contributed by atoms with Gasteiger partial charge in [-0.3, -0.25) is 14.5 Å². The summed E-state index contributed by atoms with van der Waals surface area (Å²) in [5.41, 5.74) is 4.57. The smallest absolute Gasteiger partial charge is 0.339 e. The van der Waals surface area contributed by atoms with Crippen molar-refractivity contribution in [1.82, 2.24) is 9.47 Å². The van der Waals surface area contributed by atoms with Crippen LogP contribution in [0.15, 0.2) is 64.0 Å². The highest BCUT2D eigenvalue weighted by Crippen LogP contribution is 2.35. The molecule has 1 saturated heterocycles. The molecule has 33 heavy (non-hydrogen) atoms. The molecular formula is C25H21BrN2O4S. The summed E-state index contributed by atoms with van der Waals surface area (Å²) in [6, 6.07) is 16.7. The van der Waals surface area contributed by atoms with E-state index in [0.717, 1.165) is 38.7 Å². The maximum atomic E-state index is 13.0. The lowest BCUT2D eigenvalue weighted by Gasteiger charge is -2.13. The normalized spacial score (nSPS) is 14.9. The van der Waals surface area contributed by atoms with Gasteiger partial charge in [-0.1, -0.05) is 40.2 Å². The van der Waals surface area contributed by atoms with Gasteiger partial charge in [0.1, 0.15) is 0 Å². The molecule has 6 nitrogen and oxygen atoms in total. The molecule has 0 bridgehead atoms. The van der Waals surface area contributed by atoms with Gasteiger partial charge in [-0.25, -0.2) is 4.79 Å². The zero-order valence-corrected chi connectivity index (χ0v) is 20.7. The monoisotopic (exact) mass is 524 g/mol. The molecule has 0 N–H and O–H groups in total. The highest BCUT2D eigenvalue weighted by Gasteiger charge is 2.35. The predicted octanol–water partition coefficient (Wildman–Crippen LogP) is 5.88. The third kappa shape index (κ3) is 4.54. The van der Waals surface area contributed by atoms with E-state index in [1.165, 1.54) is 12.0 Å². The lowest BCUT2D eigenvalue weighted by Crippen LogP contribution is -2.27. The molecule has 0 radical (unpaired) electrons. The summed E-state index contributed by atoms with van der Waals surface area (Å²) in [7, 11) is 1.35. The SMILES string of the molecule is COC(=O)c1ccccc1-n1c(C)cc(/C=C2\SC(=O)N(Cc3ccc(Br)cc3)C2=O)c1C. The van der Waals surface area contributed by atoms with Crippen molar-refractivity contribution in [2.24, 2.45) is 0 Å². The van der Waals surface area contributed by atoms with Gasteiger partial charge in [0.2, 0.25) is 0 Å². The van der Waals surface area contributed by atoms with Crippen LogP contribution in [-0.4, -0.2) is 33.7 Å². The molecule has 1 aliphatic heterocycles. The number of ether oxygens (including phenoxy) is 1. The number of aryl methyl sites for hydroxylation is 1. The number of carbonyl (C=O) groups is 3. The minimum Gasteiger partial charge on any atom is -0.465 e. The van der Waals surface area contributed by atoms with Crippen molar-refractivity contribution < 1.29 is 19.1 Å². The molecule has 2 heterocycles. The molecule has 2 amide bonds. The molecule has 0 saturated carbocycles. The van der Waals surface area contributed by atoms with Crippen LogP contribution < -0.4 is 0 Å². The number of methoxy groups -OCH3 is 1. The van der Waals surface area contributed by atoms with Crippen LogP contribution in [0.2, 0.25) is 0 Å². The maximum absolute atomic E-state index is 13.0. The average Bonchev–Trinajstić information content (AvgIpc) is 3.23. The average molecular weight is 525 g/mol. The third-order valence-corrected chi connectivity index (χ3v) is 6.87. The number of esters is 1. The minimum absolute atomic E-state index is 0.223. The van der Waals surface area contributed by atoms with Crippen LogP contribution in [0.3, 0.4) is 0 Å². The fourth-order valence-corrected chi connectivity index (χ4v) is 4.90. The summed E-state index contributed by atoms with van der Waals surface area (Å²) in [6.45, 7) is 4.07. The van der Waals surface area contributed by atoms with E-state index >= 15 is 0 Å². The van der Waals surface area contributed by atoms with Gasteiger partial charge in [-0.05, 0) is 73.1 Å². The summed E-state index contributed by atoms with van der Waals surface area (Å²) in [5.74, 6) is -0.735. The first kappa shape index (κ1) is 23.1. The van der Waals surface area contributed by atoms with Crippen molar-refractivity contribution in [2.75, 3.05) is 7.11 Å². The van der Waals surface area contributed by atoms with Crippen molar-refractivity contribution in [2.45, 2.75) is 20.4 Å². The van der Waals surface area contributed by atoms with Crippen LogP contribution in [0, 0.1) is 13.8 Å². The first-order valence-electron chi connectivity index (χ1n) is 10.2. The van der Waals surface area contributed by atoms with Crippen molar-refractivity contribution in [1.29, 1.82) is 0 Å². The van der Waals surface area contributed by atoms with Gasteiger partial charge in [-0.2, -0.15) is 0 Å². The van der Waals surface area contributed by atoms with E-state index in [1.54, 1.807) is 18.2 Å². The molecule has 1 fully saturated rings. The Morgan fingerprint density at radius 3 is 2.48 bits per heavy atom. The summed E-state index contributed by atoms with van der Waals surface area (Å²) < 4.78 is 7.81. The summed E-state index contributed by atoms with van der Waals surface area (Å²) in [6.07, 6.45) is 1.74. The van der Waals surface area contributed by atoms with Crippen LogP contribution in [0.4, 0.5) is 4.79 Å². The zero-order valence-electron chi connectivity index (χ0n) is 18.3. The van der Waals surface area contributed by atoms with Gasteiger partial charge in [0, 0.05) is 15.9 Å². The van der Waals surface area contributed by atoms with Gasteiger partial charge in [0.15, 0.2) is 0 Å². The molecular weight excluding hydrogens is 504 g/mol. The topological polar surface area (TPSA) is 68.6 Å². The number of nitrogens with zero attached hydrogens (tertiary/aromatic N) is 2. The van der Waals surface area contributed by atoms with Crippen molar-refractivity contribution in [3.05, 3.63) is 92.1 Å². The van der Waals surface area contributed by atoms with E-state index in [4.69, 9.17) is 4.74 Å². The number of thioether (sulfide) groups is 1. The Labute approximate surface area is 204 Å². The second-order valence-corrected chi connectivity index (χ2v) is 9.47. The fourth-order valence-electron chi connectivity index (χ4n) is 3.81. The molecule has 8 heteroatoms. The molecule has 0 aliphatic carbocycles. The zero-order chi connectivity index (χ0) is 23.7. The van der Waals surface area contributed by atoms with Gasteiger partial charge in [-0.15, -0.1) is 0 Å². The molecule has 0 spiro atoms. The van der Waals surface area contributed by atoms with Crippen LogP contribution in [-0.2, 0) is 16.1 Å². The number of hydrogen-bond acceptors (Lipinski definition) is 5. The molecule has 0 atom stereocenters. The highest BCUT2D eigenvalue weighted by molar-refractivity contribution is 9.10. The van der Waals surface area contributed by atoms with E-state index in [1.807, 2.05) is 60.9 Å². The highest BCUT2D eigenvalue weighted by atomic mass is 79.9. The van der Waals surface area contributed by atoms with Crippen molar-refractivity contribution in [3.63, 3.8) is 0 Å². The Hall–Kier alpha value is -3.10. The number of carbonyl (C=O) groups excluding carboxylic acids is 3. The van der Waals surface area contributed by atoms with E-state index in [2.05, 4.69) is 15.9 Å². The Morgan fingerprint density at radius 1 is 1.09 bits per heavy atom. The lowest BCUT2D eigenvalue weighted by atomic mass is 10.1. The van der Waals surface area contributed by atoms with Gasteiger partial charge >= 0.3 is 5.97 Å². The number of amides is 2. The molecule has 1 aliphatic rings. The number of benzene rings is 2. The number of aromatic nitrogens is 1. The standard InChI is InChI=1S/C25H21BrN2O4S/c1-15-12-18(16(2)28(15)21-7-5-4-6-20(21)24(30)32-3)13-22-23(29)27(25(31)33-22)14-17-8-10-19(26)11-9-17/h4-13H,14H2,1-3H3/b22-13-. The second-order valence-electron chi connectivity index (χ2n) is 7.56. The van der Waals surface area contributed by atoms with E-state index in [0.29, 0.717) is 16.2 Å². The second kappa shape index (κ2) is 9.41. The first-order chi connectivity index (χ1) is 15.8. The van der Waals surface area contributed by atoms with Crippen molar-refractivity contribution >= 4 is 50.9 Å². The van der Waals surface area contributed by atoms with Crippen LogP contribution in [0.1, 0.15) is 32.9 Å². The van der Waals surface area contributed by atoms with Crippen LogP contribution in [0.25, 0.3) is 11.8 Å². The Morgan fingerprint density at radius 2 is 1.79 bits per heavy atom. The summed E-state index contributed by atoms with van der Waals surface area (Å²) in [4.78, 5) is 39.4. The number of hydrogen-bond donors (Lipinski definition) is 0. The quantitative estimate of drug-likeness (QED) is 0.308. The summed E-state index contributed by atoms with van der Waals surface area (Å²) >= 11 is 4.32. The number of para-hydroxylation sites is 1. The molecule has 168 valence electrons. The lowest BCUT2D eigenvalue weighted by molar-refractivity contribution is -0.123. The Kier molecular flexibility index (Phi) is 6.58. The largest absolute Gasteiger partial charge is 0.465 e. The molecule has 0 unspecified atom stereocenters. The maximum Gasteiger partial charge on any atom is 0.339 e. The van der Waals surface area contributed by atoms with E-state index in [9.17, 15) is 14.4 Å². The van der Waals surface area contributed by atoms with Crippen LogP contribution >= 0.6 is 27.7 Å². The molecule has 3 aromatic rings. The molecule has 1 aromatic heterocycles. The van der Waals surface area contributed by atoms with Crippen LogP contribution in [0.5, 0.6) is 0 Å².